The van der Waals surface area contributed by atoms with Gasteiger partial charge in [-0.25, -0.2) is 0 Å². The van der Waals surface area contributed by atoms with Crippen molar-refractivity contribution in [2.75, 3.05) is 14.2 Å². The van der Waals surface area contributed by atoms with E-state index >= 15 is 0 Å². The molecule has 130 valence electrons. The van der Waals surface area contributed by atoms with Crippen LogP contribution in [0.2, 0.25) is 0 Å². The van der Waals surface area contributed by atoms with E-state index < -0.39 is 0 Å². The molecule has 4 rings (SSSR count). The van der Waals surface area contributed by atoms with Crippen LogP contribution in [0.25, 0.3) is 34.1 Å². The number of rotatable bonds is 5. The van der Waals surface area contributed by atoms with Gasteiger partial charge in [0.05, 0.1) is 19.9 Å². The highest BCUT2D eigenvalue weighted by Crippen LogP contribution is 2.30. The second kappa shape index (κ2) is 6.72. The van der Waals surface area contributed by atoms with Crippen LogP contribution in [-0.4, -0.2) is 34.6 Å². The zero-order valence-electron chi connectivity index (χ0n) is 14.3. The summed E-state index contributed by atoms with van der Waals surface area (Å²) in [6, 6.07) is 15.2. The van der Waals surface area contributed by atoms with E-state index in [0.29, 0.717) is 23.2 Å². The van der Waals surface area contributed by atoms with Crippen LogP contribution in [0, 0.1) is 0 Å². The summed E-state index contributed by atoms with van der Waals surface area (Å²) in [6.07, 6.45) is 1.71. The van der Waals surface area contributed by atoms with Crippen LogP contribution in [0.5, 0.6) is 11.5 Å². The molecule has 0 unspecified atom stereocenters. The lowest BCUT2D eigenvalue weighted by Gasteiger charge is -2.05. The lowest BCUT2D eigenvalue weighted by Crippen LogP contribution is -1.89. The number of benzene rings is 2. The van der Waals surface area contributed by atoms with Crippen molar-refractivity contribution in [2.45, 2.75) is 0 Å². The summed E-state index contributed by atoms with van der Waals surface area (Å²) in [5.41, 5.74) is 3.49. The number of H-pyrrole nitrogens is 1. The minimum Gasteiger partial charge on any atom is -0.497 e. The summed E-state index contributed by atoms with van der Waals surface area (Å²) >= 11 is 0. The Hall–Kier alpha value is -3.61. The van der Waals surface area contributed by atoms with Crippen molar-refractivity contribution in [1.29, 1.82) is 0 Å². The van der Waals surface area contributed by atoms with Gasteiger partial charge in [0.1, 0.15) is 11.5 Å². The van der Waals surface area contributed by atoms with E-state index in [2.05, 4.69) is 20.3 Å². The van der Waals surface area contributed by atoms with Gasteiger partial charge in [0.15, 0.2) is 0 Å². The quantitative estimate of drug-likeness (QED) is 0.590. The topological polar surface area (TPSA) is 86.1 Å². The highest BCUT2D eigenvalue weighted by atomic mass is 16.5. The molecule has 0 amide bonds. The number of ether oxygens (including phenoxy) is 2. The molecule has 0 aliphatic heterocycles. The average molecular weight is 348 g/mol. The van der Waals surface area contributed by atoms with Gasteiger partial charge < -0.3 is 14.0 Å². The molecule has 2 aromatic carbocycles. The molecule has 2 aromatic heterocycles. The smallest absolute Gasteiger partial charge is 0.258 e. The van der Waals surface area contributed by atoms with Crippen molar-refractivity contribution in [3.63, 3.8) is 0 Å². The first-order valence-electron chi connectivity index (χ1n) is 7.94. The van der Waals surface area contributed by atoms with Crippen LogP contribution in [-0.2, 0) is 0 Å². The number of hydrogen-bond acceptors (Lipinski definition) is 6. The van der Waals surface area contributed by atoms with Gasteiger partial charge in [-0.05, 0) is 24.3 Å². The van der Waals surface area contributed by atoms with E-state index in [4.69, 9.17) is 14.0 Å². The van der Waals surface area contributed by atoms with Crippen molar-refractivity contribution in [1.82, 2.24) is 20.3 Å². The molecule has 0 fully saturated rings. The second-order valence-electron chi connectivity index (χ2n) is 5.58. The fourth-order valence-corrected chi connectivity index (χ4v) is 2.63. The number of nitrogens with one attached hydrogen (secondary N) is 1. The molecule has 0 aliphatic carbocycles. The SMILES string of the molecule is COc1cc(OC)cc(-c2nc(-c3cccc(-c4ccn[nH]4)c3)no2)c1. The monoisotopic (exact) mass is 348 g/mol. The number of aromatic nitrogens is 4. The van der Waals surface area contributed by atoms with Crippen molar-refractivity contribution >= 4 is 0 Å². The highest BCUT2D eigenvalue weighted by molar-refractivity contribution is 5.69. The maximum absolute atomic E-state index is 5.44. The van der Waals surface area contributed by atoms with Gasteiger partial charge in [0.25, 0.3) is 5.89 Å². The zero-order chi connectivity index (χ0) is 17.9. The Morgan fingerprint density at radius 1 is 0.885 bits per heavy atom. The first-order valence-corrected chi connectivity index (χ1v) is 7.94. The van der Waals surface area contributed by atoms with Crippen LogP contribution >= 0.6 is 0 Å². The van der Waals surface area contributed by atoms with Gasteiger partial charge >= 0.3 is 0 Å². The first kappa shape index (κ1) is 15.9. The standard InChI is InChI=1S/C19H16N4O3/c1-24-15-9-14(10-16(11-15)25-2)19-21-18(23-26-19)13-5-3-4-12(8-13)17-6-7-20-22-17/h3-11H,1-2H3,(H,20,22). The third-order valence-electron chi connectivity index (χ3n) is 3.96. The number of aromatic amines is 1. The van der Waals surface area contributed by atoms with Gasteiger partial charge in [-0.2, -0.15) is 10.1 Å². The minimum absolute atomic E-state index is 0.393. The lowest BCUT2D eigenvalue weighted by molar-refractivity contribution is 0.393. The molecule has 0 saturated carbocycles. The van der Waals surface area contributed by atoms with Crippen molar-refractivity contribution in [3.05, 3.63) is 54.7 Å². The lowest BCUT2D eigenvalue weighted by atomic mass is 10.1. The van der Waals surface area contributed by atoms with Crippen molar-refractivity contribution < 1.29 is 14.0 Å². The number of methoxy groups -OCH3 is 2. The van der Waals surface area contributed by atoms with E-state index in [0.717, 1.165) is 22.4 Å². The fourth-order valence-electron chi connectivity index (χ4n) is 2.63. The summed E-state index contributed by atoms with van der Waals surface area (Å²) in [7, 11) is 3.19. The summed E-state index contributed by atoms with van der Waals surface area (Å²) in [6.45, 7) is 0. The van der Waals surface area contributed by atoms with E-state index in [1.165, 1.54) is 0 Å². The molecular formula is C19H16N4O3. The van der Waals surface area contributed by atoms with Gasteiger partial charge in [-0.15, -0.1) is 0 Å². The molecule has 0 atom stereocenters. The molecule has 1 N–H and O–H groups in total. The summed E-state index contributed by atoms with van der Waals surface area (Å²) in [5, 5.41) is 11.0. The van der Waals surface area contributed by atoms with Gasteiger partial charge in [-0.3, -0.25) is 5.10 Å². The van der Waals surface area contributed by atoms with Crippen LogP contribution in [0.1, 0.15) is 0 Å². The molecule has 2 heterocycles. The van der Waals surface area contributed by atoms with Gasteiger partial charge in [0.2, 0.25) is 5.82 Å². The average Bonchev–Trinajstić information content (AvgIpc) is 3.39. The molecular weight excluding hydrogens is 332 g/mol. The molecule has 7 nitrogen and oxygen atoms in total. The van der Waals surface area contributed by atoms with E-state index in [1.807, 2.05) is 42.5 Å². The minimum atomic E-state index is 0.393. The molecule has 26 heavy (non-hydrogen) atoms. The Kier molecular flexibility index (Phi) is 4.10. The molecule has 0 bridgehead atoms. The highest BCUT2D eigenvalue weighted by Gasteiger charge is 2.14. The van der Waals surface area contributed by atoms with E-state index in [9.17, 15) is 0 Å². The Morgan fingerprint density at radius 2 is 1.65 bits per heavy atom. The third-order valence-corrected chi connectivity index (χ3v) is 3.96. The Morgan fingerprint density at radius 3 is 2.35 bits per heavy atom. The van der Waals surface area contributed by atoms with E-state index in [-0.39, 0.29) is 0 Å². The Labute approximate surface area is 149 Å². The normalized spacial score (nSPS) is 10.7. The third kappa shape index (κ3) is 3.02. The zero-order valence-corrected chi connectivity index (χ0v) is 14.3. The summed E-state index contributed by atoms with van der Waals surface area (Å²) in [5.74, 6) is 2.20. The van der Waals surface area contributed by atoms with Gasteiger partial charge in [0, 0.05) is 29.0 Å². The fraction of sp³-hybridized carbons (Fsp3) is 0.105. The Balaban J connectivity index is 1.70. The molecule has 4 aromatic rings. The Bertz CT molecular complexity index is 1000. The predicted octanol–water partition coefficient (Wildman–Crippen LogP) is 3.81. The van der Waals surface area contributed by atoms with Gasteiger partial charge in [-0.1, -0.05) is 23.4 Å². The maximum atomic E-state index is 5.44. The largest absolute Gasteiger partial charge is 0.497 e. The molecule has 0 radical (unpaired) electrons. The number of hydrogen-bond donors (Lipinski definition) is 1. The summed E-state index contributed by atoms with van der Waals surface area (Å²) in [4.78, 5) is 4.51. The number of nitrogens with zero attached hydrogens (tertiary/aromatic N) is 3. The van der Waals surface area contributed by atoms with Crippen LogP contribution in [0.3, 0.4) is 0 Å². The molecule has 7 heteroatoms. The second-order valence-corrected chi connectivity index (χ2v) is 5.58. The first-order chi connectivity index (χ1) is 12.8. The van der Waals surface area contributed by atoms with Crippen LogP contribution in [0.15, 0.2) is 59.3 Å². The van der Waals surface area contributed by atoms with E-state index in [1.54, 1.807) is 26.5 Å². The predicted molar refractivity (Wildman–Crippen MR) is 95.9 cm³/mol. The molecule has 0 saturated heterocycles. The van der Waals surface area contributed by atoms with Crippen LogP contribution < -0.4 is 9.47 Å². The maximum Gasteiger partial charge on any atom is 0.258 e. The molecule has 0 spiro atoms. The van der Waals surface area contributed by atoms with Crippen molar-refractivity contribution in [3.8, 4) is 45.6 Å². The molecule has 0 aliphatic rings. The van der Waals surface area contributed by atoms with Crippen LogP contribution in [0.4, 0.5) is 0 Å². The summed E-state index contributed by atoms with van der Waals surface area (Å²) < 4.78 is 16.0. The van der Waals surface area contributed by atoms with Crippen molar-refractivity contribution in [2.24, 2.45) is 0 Å².